The van der Waals surface area contributed by atoms with Crippen molar-refractivity contribution >= 4 is 5.91 Å². The lowest BCUT2D eigenvalue weighted by atomic mass is 9.84. The molecule has 124 valence electrons. The van der Waals surface area contributed by atoms with Crippen molar-refractivity contribution in [1.29, 1.82) is 0 Å². The van der Waals surface area contributed by atoms with Crippen LogP contribution in [0.25, 0.3) is 0 Å². The molecule has 25 heavy (non-hydrogen) atoms. The van der Waals surface area contributed by atoms with Gasteiger partial charge in [-0.05, 0) is 42.7 Å². The molecule has 0 bridgehead atoms. The van der Waals surface area contributed by atoms with Gasteiger partial charge in [0.2, 0.25) is 5.91 Å². The van der Waals surface area contributed by atoms with Crippen molar-refractivity contribution in [2.45, 2.75) is 18.3 Å². The summed E-state index contributed by atoms with van der Waals surface area (Å²) in [5.74, 6) is 1.24. The fourth-order valence-electron chi connectivity index (χ4n) is 3.49. The average Bonchev–Trinajstić information content (AvgIpc) is 3.45. The average molecular weight is 329 g/mol. The summed E-state index contributed by atoms with van der Waals surface area (Å²) in [6.07, 6.45) is 1.96. The van der Waals surface area contributed by atoms with Gasteiger partial charge in [0, 0.05) is 16.5 Å². The number of nitrogens with two attached hydrogens (primary N) is 1. The van der Waals surface area contributed by atoms with Crippen molar-refractivity contribution < 1.29 is 9.53 Å². The van der Waals surface area contributed by atoms with E-state index in [1.165, 1.54) is 0 Å². The molecule has 4 rings (SSSR count). The Kier molecular flexibility index (Phi) is 3.77. The number of ether oxygens (including phenoxy) is 1. The Bertz CT molecular complexity index is 914. The van der Waals surface area contributed by atoms with E-state index in [0.717, 1.165) is 35.5 Å². The van der Waals surface area contributed by atoms with Crippen LogP contribution >= 0.6 is 0 Å². The third-order valence-corrected chi connectivity index (χ3v) is 4.83. The molecule has 0 heterocycles. The van der Waals surface area contributed by atoms with E-state index >= 15 is 0 Å². The molecule has 1 saturated carbocycles. The molecule has 0 unspecified atom stereocenters. The molecule has 0 atom stereocenters. The lowest BCUT2D eigenvalue weighted by molar-refractivity contribution is 0.0999. The second kappa shape index (κ2) is 6.10. The van der Waals surface area contributed by atoms with Gasteiger partial charge < -0.3 is 10.5 Å². The van der Waals surface area contributed by atoms with Crippen molar-refractivity contribution in [3.63, 3.8) is 0 Å². The first-order valence-electron chi connectivity index (χ1n) is 8.42. The van der Waals surface area contributed by atoms with Gasteiger partial charge in [0.05, 0.1) is 0 Å². The van der Waals surface area contributed by atoms with Crippen LogP contribution in [0.4, 0.5) is 0 Å². The van der Waals surface area contributed by atoms with Gasteiger partial charge in [0.1, 0.15) is 11.5 Å². The molecule has 1 aliphatic rings. The quantitative estimate of drug-likeness (QED) is 0.740. The molecule has 0 aromatic heterocycles. The lowest BCUT2D eigenvalue weighted by Crippen LogP contribution is -2.19. The van der Waals surface area contributed by atoms with Crippen molar-refractivity contribution in [3.05, 3.63) is 95.6 Å². The summed E-state index contributed by atoms with van der Waals surface area (Å²) in [6.45, 7) is 0. The highest BCUT2D eigenvalue weighted by Gasteiger charge is 2.49. The van der Waals surface area contributed by atoms with E-state index in [1.807, 2.05) is 66.7 Å². The number of carbonyl (C=O) groups excluding carboxylic acids is 1. The van der Waals surface area contributed by atoms with Crippen molar-refractivity contribution in [2.24, 2.45) is 5.73 Å². The highest BCUT2D eigenvalue weighted by molar-refractivity contribution is 5.95. The van der Waals surface area contributed by atoms with Gasteiger partial charge in [0.25, 0.3) is 0 Å². The van der Waals surface area contributed by atoms with E-state index < -0.39 is 0 Å². The fourth-order valence-corrected chi connectivity index (χ4v) is 3.49. The predicted octanol–water partition coefficient (Wildman–Crippen LogP) is 4.66. The zero-order valence-electron chi connectivity index (χ0n) is 13.8. The second-order valence-corrected chi connectivity index (χ2v) is 6.40. The zero-order chi connectivity index (χ0) is 17.3. The molecule has 0 radical (unpaired) electrons. The summed E-state index contributed by atoms with van der Waals surface area (Å²) in [5, 5.41) is 0. The number of amides is 1. The number of benzene rings is 3. The maximum absolute atomic E-state index is 11.9. The lowest BCUT2D eigenvalue weighted by Gasteiger charge is -2.22. The topological polar surface area (TPSA) is 52.3 Å². The molecule has 2 N–H and O–H groups in total. The first-order chi connectivity index (χ1) is 12.2. The molecule has 0 aliphatic heterocycles. The van der Waals surface area contributed by atoms with E-state index in [2.05, 4.69) is 6.07 Å². The normalized spacial score (nSPS) is 14.7. The van der Waals surface area contributed by atoms with Gasteiger partial charge >= 0.3 is 0 Å². The number of para-hydroxylation sites is 2. The Morgan fingerprint density at radius 1 is 0.800 bits per heavy atom. The number of rotatable bonds is 5. The Labute approximate surface area is 147 Å². The standard InChI is InChI=1S/C22H19NO2/c23-21(24)17-10-4-5-11-18(17)22(14-15-22)19-12-6-7-13-20(19)25-16-8-2-1-3-9-16/h1-13H,14-15H2,(H2,23,24). The molecule has 0 saturated heterocycles. The summed E-state index contributed by atoms with van der Waals surface area (Å²) in [5.41, 5.74) is 8.10. The molecule has 3 nitrogen and oxygen atoms in total. The third kappa shape index (κ3) is 2.78. The SMILES string of the molecule is NC(=O)c1ccccc1C1(c2ccccc2Oc2ccccc2)CC1. The van der Waals surface area contributed by atoms with E-state index in [1.54, 1.807) is 6.07 Å². The smallest absolute Gasteiger partial charge is 0.249 e. The molecule has 0 spiro atoms. The second-order valence-electron chi connectivity index (χ2n) is 6.40. The number of carbonyl (C=O) groups is 1. The largest absolute Gasteiger partial charge is 0.457 e. The first-order valence-corrected chi connectivity index (χ1v) is 8.42. The minimum Gasteiger partial charge on any atom is -0.457 e. The molecule has 1 amide bonds. The van der Waals surface area contributed by atoms with Gasteiger partial charge in [-0.15, -0.1) is 0 Å². The van der Waals surface area contributed by atoms with E-state index in [4.69, 9.17) is 10.5 Å². The van der Waals surface area contributed by atoms with Crippen LogP contribution in [0.3, 0.4) is 0 Å². The summed E-state index contributed by atoms with van der Waals surface area (Å²) in [4.78, 5) is 11.9. The van der Waals surface area contributed by atoms with Crippen LogP contribution in [0.15, 0.2) is 78.9 Å². The maximum atomic E-state index is 11.9. The number of hydrogen-bond acceptors (Lipinski definition) is 2. The molecule has 3 heteroatoms. The minimum atomic E-state index is -0.386. The Morgan fingerprint density at radius 2 is 1.40 bits per heavy atom. The van der Waals surface area contributed by atoms with Crippen LogP contribution in [-0.4, -0.2) is 5.91 Å². The number of primary amides is 1. The molecule has 1 fully saturated rings. The van der Waals surface area contributed by atoms with Crippen LogP contribution < -0.4 is 10.5 Å². The molecular weight excluding hydrogens is 310 g/mol. The van der Waals surface area contributed by atoms with Gasteiger partial charge in [-0.2, -0.15) is 0 Å². The molecule has 3 aromatic rings. The Hall–Kier alpha value is -3.07. The van der Waals surface area contributed by atoms with E-state index in [-0.39, 0.29) is 11.3 Å². The summed E-state index contributed by atoms with van der Waals surface area (Å²) < 4.78 is 6.14. The summed E-state index contributed by atoms with van der Waals surface area (Å²) in [6, 6.07) is 25.4. The monoisotopic (exact) mass is 329 g/mol. The van der Waals surface area contributed by atoms with Crippen LogP contribution in [0, 0.1) is 0 Å². The summed E-state index contributed by atoms with van der Waals surface area (Å²) in [7, 11) is 0. The maximum Gasteiger partial charge on any atom is 0.249 e. The summed E-state index contributed by atoms with van der Waals surface area (Å²) >= 11 is 0. The van der Waals surface area contributed by atoms with E-state index in [9.17, 15) is 4.79 Å². The molecule has 1 aliphatic carbocycles. The van der Waals surface area contributed by atoms with Crippen LogP contribution in [0.5, 0.6) is 11.5 Å². The van der Waals surface area contributed by atoms with Gasteiger partial charge in [0.15, 0.2) is 0 Å². The zero-order valence-corrected chi connectivity index (χ0v) is 13.8. The Balaban J connectivity index is 1.79. The van der Waals surface area contributed by atoms with Gasteiger partial charge in [-0.3, -0.25) is 4.79 Å². The molecular formula is C22H19NO2. The highest BCUT2D eigenvalue weighted by atomic mass is 16.5. The van der Waals surface area contributed by atoms with Crippen LogP contribution in [-0.2, 0) is 5.41 Å². The van der Waals surface area contributed by atoms with Gasteiger partial charge in [-0.25, -0.2) is 0 Å². The number of hydrogen-bond donors (Lipinski definition) is 1. The van der Waals surface area contributed by atoms with Crippen LogP contribution in [0.2, 0.25) is 0 Å². The fraction of sp³-hybridized carbons (Fsp3) is 0.136. The molecule has 3 aromatic carbocycles. The van der Waals surface area contributed by atoms with Crippen molar-refractivity contribution in [2.75, 3.05) is 0 Å². The minimum absolute atomic E-state index is 0.197. The highest BCUT2D eigenvalue weighted by Crippen LogP contribution is 2.57. The predicted molar refractivity (Wildman–Crippen MR) is 97.9 cm³/mol. The van der Waals surface area contributed by atoms with Gasteiger partial charge in [-0.1, -0.05) is 54.6 Å². The van der Waals surface area contributed by atoms with Crippen molar-refractivity contribution in [3.8, 4) is 11.5 Å². The van der Waals surface area contributed by atoms with Crippen molar-refractivity contribution in [1.82, 2.24) is 0 Å². The third-order valence-electron chi connectivity index (χ3n) is 4.83. The first kappa shape index (κ1) is 15.5. The van der Waals surface area contributed by atoms with E-state index in [0.29, 0.717) is 5.56 Å². The van der Waals surface area contributed by atoms with Crippen LogP contribution in [0.1, 0.15) is 34.3 Å². The Morgan fingerprint density at radius 3 is 2.08 bits per heavy atom.